The Balaban J connectivity index is 1.82. The van der Waals surface area contributed by atoms with E-state index in [0.29, 0.717) is 17.0 Å². The number of nitrogens with one attached hydrogen (secondary N) is 1. The summed E-state index contributed by atoms with van der Waals surface area (Å²) in [5.74, 6) is -1.19. The van der Waals surface area contributed by atoms with E-state index in [1.165, 1.54) is 24.5 Å². The Kier molecular flexibility index (Phi) is 5.08. The van der Waals surface area contributed by atoms with E-state index in [4.69, 9.17) is 9.15 Å². The number of aryl methyl sites for hydroxylation is 1. The Labute approximate surface area is 126 Å². The first-order chi connectivity index (χ1) is 10.5. The predicted molar refractivity (Wildman–Crippen MR) is 78.5 cm³/mol. The molecule has 0 fully saturated rings. The number of carbonyl (C=O) groups is 2. The zero-order valence-corrected chi connectivity index (χ0v) is 11.8. The first-order valence-corrected chi connectivity index (χ1v) is 6.49. The summed E-state index contributed by atoms with van der Waals surface area (Å²) in [6.45, 7) is 1.27. The third kappa shape index (κ3) is 4.59. The fourth-order valence-electron chi connectivity index (χ4n) is 1.64. The Morgan fingerprint density at radius 3 is 2.91 bits per heavy atom. The average molecular weight is 303 g/mol. The van der Waals surface area contributed by atoms with Crippen molar-refractivity contribution in [3.63, 3.8) is 0 Å². The lowest BCUT2D eigenvalue weighted by molar-refractivity contribution is -0.142. The van der Waals surface area contributed by atoms with Gasteiger partial charge in [0, 0.05) is 11.8 Å². The van der Waals surface area contributed by atoms with Gasteiger partial charge in [-0.05, 0) is 42.8 Å². The van der Waals surface area contributed by atoms with Gasteiger partial charge < -0.3 is 14.5 Å². The zero-order valence-electron chi connectivity index (χ0n) is 11.8. The number of hydrogen-bond acceptors (Lipinski definition) is 4. The van der Waals surface area contributed by atoms with Gasteiger partial charge in [0.2, 0.25) is 0 Å². The number of halogens is 1. The van der Waals surface area contributed by atoms with Crippen LogP contribution in [0.4, 0.5) is 10.1 Å². The van der Waals surface area contributed by atoms with Gasteiger partial charge in [-0.15, -0.1) is 0 Å². The van der Waals surface area contributed by atoms with Crippen LogP contribution in [0.3, 0.4) is 0 Å². The van der Waals surface area contributed by atoms with Crippen molar-refractivity contribution in [2.75, 3.05) is 11.9 Å². The minimum Gasteiger partial charge on any atom is -0.465 e. The summed E-state index contributed by atoms with van der Waals surface area (Å²) >= 11 is 0. The minimum absolute atomic E-state index is 0.340. The Morgan fingerprint density at radius 2 is 2.18 bits per heavy atom. The van der Waals surface area contributed by atoms with E-state index in [9.17, 15) is 14.0 Å². The number of anilines is 1. The first-order valence-electron chi connectivity index (χ1n) is 6.49. The highest BCUT2D eigenvalue weighted by Gasteiger charge is 2.08. The molecule has 1 amide bonds. The second-order valence-corrected chi connectivity index (χ2v) is 4.46. The normalized spacial score (nSPS) is 10.6. The third-order valence-electron chi connectivity index (χ3n) is 2.75. The second kappa shape index (κ2) is 7.21. The lowest BCUT2D eigenvalue weighted by Crippen LogP contribution is -2.20. The van der Waals surface area contributed by atoms with E-state index in [0.717, 1.165) is 6.08 Å². The maximum atomic E-state index is 13.1. The van der Waals surface area contributed by atoms with E-state index in [-0.39, 0.29) is 0 Å². The fraction of sp³-hybridized carbons (Fsp3) is 0.125. The van der Waals surface area contributed by atoms with Crippen LogP contribution >= 0.6 is 0 Å². The van der Waals surface area contributed by atoms with Crippen molar-refractivity contribution in [1.82, 2.24) is 0 Å². The standard InChI is InChI=1S/C16H14FNO4/c1-11-4-5-12(17)9-14(11)18-15(19)10-22-16(20)7-6-13-3-2-8-21-13/h2-9H,10H2,1H3,(H,18,19). The van der Waals surface area contributed by atoms with Crippen LogP contribution in [-0.4, -0.2) is 18.5 Å². The SMILES string of the molecule is Cc1ccc(F)cc1NC(=O)COC(=O)C=Cc1ccco1. The van der Waals surface area contributed by atoms with E-state index in [1.807, 2.05) is 0 Å². The minimum atomic E-state index is -0.678. The number of ether oxygens (including phenoxy) is 1. The van der Waals surface area contributed by atoms with Crippen molar-refractivity contribution in [3.05, 3.63) is 59.8 Å². The number of hydrogen-bond donors (Lipinski definition) is 1. The summed E-state index contributed by atoms with van der Waals surface area (Å²) in [7, 11) is 0. The van der Waals surface area contributed by atoms with Gasteiger partial charge in [0.1, 0.15) is 11.6 Å². The molecule has 5 nitrogen and oxygen atoms in total. The molecular weight excluding hydrogens is 289 g/mol. The van der Waals surface area contributed by atoms with Crippen LogP contribution < -0.4 is 5.32 Å². The quantitative estimate of drug-likeness (QED) is 0.681. The summed E-state index contributed by atoms with van der Waals surface area (Å²) in [5, 5.41) is 2.48. The van der Waals surface area contributed by atoms with Crippen LogP contribution in [0.1, 0.15) is 11.3 Å². The topological polar surface area (TPSA) is 68.5 Å². The molecule has 0 aliphatic heterocycles. The Hall–Kier alpha value is -2.89. The van der Waals surface area contributed by atoms with Gasteiger partial charge in [0.15, 0.2) is 6.61 Å². The van der Waals surface area contributed by atoms with E-state index < -0.39 is 24.3 Å². The van der Waals surface area contributed by atoms with Crippen LogP contribution in [-0.2, 0) is 14.3 Å². The molecule has 22 heavy (non-hydrogen) atoms. The zero-order chi connectivity index (χ0) is 15.9. The molecule has 0 saturated heterocycles. The lowest BCUT2D eigenvalue weighted by Gasteiger charge is -2.08. The lowest BCUT2D eigenvalue weighted by atomic mass is 10.2. The van der Waals surface area contributed by atoms with Crippen LogP contribution in [0.15, 0.2) is 47.1 Å². The largest absolute Gasteiger partial charge is 0.465 e. The molecule has 1 N–H and O–H groups in total. The molecule has 1 heterocycles. The van der Waals surface area contributed by atoms with Crippen LogP contribution in [0, 0.1) is 12.7 Å². The van der Waals surface area contributed by atoms with Gasteiger partial charge >= 0.3 is 5.97 Å². The third-order valence-corrected chi connectivity index (χ3v) is 2.75. The molecule has 0 radical (unpaired) electrons. The maximum absolute atomic E-state index is 13.1. The molecule has 1 aromatic heterocycles. The molecule has 0 bridgehead atoms. The molecule has 0 aliphatic carbocycles. The van der Waals surface area contributed by atoms with Gasteiger partial charge in [-0.3, -0.25) is 4.79 Å². The molecule has 0 spiro atoms. The number of benzene rings is 1. The summed E-state index contributed by atoms with van der Waals surface area (Å²) in [5.41, 5.74) is 1.05. The fourth-order valence-corrected chi connectivity index (χ4v) is 1.64. The highest BCUT2D eigenvalue weighted by molar-refractivity contribution is 5.95. The van der Waals surface area contributed by atoms with Crippen LogP contribution in [0.25, 0.3) is 6.08 Å². The second-order valence-electron chi connectivity index (χ2n) is 4.46. The number of rotatable bonds is 5. The highest BCUT2D eigenvalue weighted by Crippen LogP contribution is 2.15. The van der Waals surface area contributed by atoms with Gasteiger partial charge in [-0.2, -0.15) is 0 Å². The Bertz CT molecular complexity index is 692. The van der Waals surface area contributed by atoms with Crippen LogP contribution in [0.2, 0.25) is 0 Å². The van der Waals surface area contributed by atoms with Crippen molar-refractivity contribution >= 4 is 23.6 Å². The van der Waals surface area contributed by atoms with E-state index in [1.54, 1.807) is 25.1 Å². The molecule has 0 aliphatic rings. The molecule has 0 unspecified atom stereocenters. The number of amides is 1. The monoisotopic (exact) mass is 303 g/mol. The summed E-state index contributed by atoms with van der Waals surface area (Å²) < 4.78 is 22.9. The predicted octanol–water partition coefficient (Wildman–Crippen LogP) is 2.92. The van der Waals surface area contributed by atoms with Gasteiger partial charge in [-0.25, -0.2) is 9.18 Å². The molecule has 114 valence electrons. The summed E-state index contributed by atoms with van der Waals surface area (Å²) in [4.78, 5) is 23.1. The summed E-state index contributed by atoms with van der Waals surface area (Å²) in [6, 6.07) is 7.39. The van der Waals surface area contributed by atoms with Crippen molar-refractivity contribution < 1.29 is 23.1 Å². The highest BCUT2D eigenvalue weighted by atomic mass is 19.1. The summed E-state index contributed by atoms with van der Waals surface area (Å²) in [6.07, 6.45) is 4.05. The maximum Gasteiger partial charge on any atom is 0.331 e. The smallest absolute Gasteiger partial charge is 0.331 e. The number of furan rings is 1. The number of carbonyl (C=O) groups excluding carboxylic acids is 2. The van der Waals surface area contributed by atoms with Crippen molar-refractivity contribution in [2.24, 2.45) is 0 Å². The van der Waals surface area contributed by atoms with Gasteiger partial charge in [0.05, 0.1) is 6.26 Å². The van der Waals surface area contributed by atoms with Crippen molar-refractivity contribution in [2.45, 2.75) is 6.92 Å². The Morgan fingerprint density at radius 1 is 1.36 bits per heavy atom. The van der Waals surface area contributed by atoms with E-state index >= 15 is 0 Å². The molecule has 2 aromatic rings. The van der Waals surface area contributed by atoms with Gasteiger partial charge in [0.25, 0.3) is 5.91 Å². The van der Waals surface area contributed by atoms with Crippen molar-refractivity contribution in [1.29, 1.82) is 0 Å². The molecule has 6 heteroatoms. The number of esters is 1. The average Bonchev–Trinajstić information content (AvgIpc) is 3.00. The van der Waals surface area contributed by atoms with Crippen molar-refractivity contribution in [3.8, 4) is 0 Å². The molecule has 0 saturated carbocycles. The molecular formula is C16H14FNO4. The molecule has 1 aromatic carbocycles. The van der Waals surface area contributed by atoms with Crippen LogP contribution in [0.5, 0.6) is 0 Å². The molecule has 2 rings (SSSR count). The van der Waals surface area contributed by atoms with E-state index in [2.05, 4.69) is 5.32 Å². The first kappa shape index (κ1) is 15.5. The van der Waals surface area contributed by atoms with Gasteiger partial charge in [-0.1, -0.05) is 6.07 Å². The molecule has 0 atom stereocenters.